The Labute approximate surface area is 193 Å². The molecule has 2 aromatic heterocycles. The Morgan fingerprint density at radius 1 is 1.06 bits per heavy atom. The largest absolute Gasteiger partial charge is 0.310 e. The van der Waals surface area contributed by atoms with Crippen LogP contribution < -0.4 is 5.32 Å². The SMILES string of the molecule is Cc1c(C#N)c(NC(=O)CN2CCN(CCc3cccs3)CC2)n(-c2ccccc2)c1C. The molecule has 1 N–H and O–H groups in total. The molecular weight excluding hydrogens is 418 g/mol. The van der Waals surface area contributed by atoms with E-state index in [9.17, 15) is 10.1 Å². The predicted octanol–water partition coefficient (Wildman–Crippen LogP) is 3.83. The lowest BCUT2D eigenvalue weighted by molar-refractivity contribution is -0.117. The van der Waals surface area contributed by atoms with E-state index in [0.29, 0.717) is 17.9 Å². The van der Waals surface area contributed by atoms with Crippen LogP contribution in [0.5, 0.6) is 0 Å². The Morgan fingerprint density at radius 3 is 2.44 bits per heavy atom. The van der Waals surface area contributed by atoms with Crippen LogP contribution in [0.3, 0.4) is 0 Å². The van der Waals surface area contributed by atoms with Gasteiger partial charge in [0.1, 0.15) is 11.9 Å². The summed E-state index contributed by atoms with van der Waals surface area (Å²) in [5.41, 5.74) is 3.32. The number of rotatable bonds is 7. The summed E-state index contributed by atoms with van der Waals surface area (Å²) in [5, 5.41) is 14.9. The van der Waals surface area contributed by atoms with Gasteiger partial charge in [0.25, 0.3) is 0 Å². The van der Waals surface area contributed by atoms with Crippen molar-refractivity contribution in [2.75, 3.05) is 44.6 Å². The number of piperazine rings is 1. The number of carbonyl (C=O) groups excluding carboxylic acids is 1. The molecule has 0 bridgehead atoms. The summed E-state index contributed by atoms with van der Waals surface area (Å²) in [7, 11) is 0. The van der Waals surface area contributed by atoms with Crippen molar-refractivity contribution >= 4 is 23.1 Å². The fourth-order valence-corrected chi connectivity index (χ4v) is 4.93. The van der Waals surface area contributed by atoms with E-state index in [0.717, 1.165) is 56.1 Å². The second kappa shape index (κ2) is 10.1. The minimum atomic E-state index is -0.0804. The summed E-state index contributed by atoms with van der Waals surface area (Å²) >= 11 is 1.81. The minimum Gasteiger partial charge on any atom is -0.310 e. The standard InChI is InChI=1S/C25H29N5OS/c1-19-20(2)30(21-7-4-3-5-8-21)25(23(19)17-26)27-24(31)18-29-14-12-28(13-15-29)11-10-22-9-6-16-32-22/h3-9,16H,10-15,18H2,1-2H3,(H,27,31). The first kappa shape index (κ1) is 22.3. The number of thiophene rings is 1. The first-order valence-electron chi connectivity index (χ1n) is 11.0. The van der Waals surface area contributed by atoms with Gasteiger partial charge in [-0.05, 0) is 49.4 Å². The number of nitrogens with zero attached hydrogens (tertiary/aromatic N) is 4. The van der Waals surface area contributed by atoms with Crippen LogP contribution in [0.25, 0.3) is 5.69 Å². The summed E-state index contributed by atoms with van der Waals surface area (Å²) in [6.07, 6.45) is 1.09. The van der Waals surface area contributed by atoms with Crippen molar-refractivity contribution in [3.05, 3.63) is 69.5 Å². The van der Waals surface area contributed by atoms with Gasteiger partial charge in [-0.15, -0.1) is 11.3 Å². The number of hydrogen-bond donors (Lipinski definition) is 1. The molecule has 3 aromatic rings. The van der Waals surface area contributed by atoms with Gasteiger partial charge >= 0.3 is 0 Å². The van der Waals surface area contributed by atoms with Crippen LogP contribution in [-0.4, -0.2) is 59.5 Å². The quantitative estimate of drug-likeness (QED) is 0.598. The molecule has 4 rings (SSSR count). The average Bonchev–Trinajstić information content (AvgIpc) is 3.40. The molecule has 3 heterocycles. The first-order chi connectivity index (χ1) is 15.6. The number of aromatic nitrogens is 1. The van der Waals surface area contributed by atoms with Gasteiger partial charge in [-0.3, -0.25) is 14.3 Å². The molecule has 0 saturated carbocycles. The van der Waals surface area contributed by atoms with Gasteiger partial charge in [-0.2, -0.15) is 5.26 Å². The highest BCUT2D eigenvalue weighted by molar-refractivity contribution is 7.09. The maximum atomic E-state index is 12.9. The molecular formula is C25H29N5OS. The summed E-state index contributed by atoms with van der Waals surface area (Å²) in [6, 6.07) is 16.4. The lowest BCUT2D eigenvalue weighted by atomic mass is 10.2. The third kappa shape index (κ3) is 4.94. The van der Waals surface area contributed by atoms with Crippen LogP contribution in [0.1, 0.15) is 21.7 Å². The number of anilines is 1. The molecule has 1 aliphatic heterocycles. The average molecular weight is 448 g/mol. The van der Waals surface area contributed by atoms with E-state index in [1.165, 1.54) is 4.88 Å². The molecule has 0 spiro atoms. The Balaban J connectivity index is 1.38. The highest BCUT2D eigenvalue weighted by Crippen LogP contribution is 2.29. The van der Waals surface area contributed by atoms with Crippen LogP contribution in [0.2, 0.25) is 0 Å². The predicted molar refractivity (Wildman–Crippen MR) is 129 cm³/mol. The van der Waals surface area contributed by atoms with E-state index in [2.05, 4.69) is 38.7 Å². The Morgan fingerprint density at radius 2 is 1.78 bits per heavy atom. The number of nitriles is 1. The lowest BCUT2D eigenvalue weighted by Gasteiger charge is -2.34. The zero-order valence-electron chi connectivity index (χ0n) is 18.7. The molecule has 0 atom stereocenters. The summed E-state index contributed by atoms with van der Waals surface area (Å²) in [6.45, 7) is 9.01. The van der Waals surface area contributed by atoms with Gasteiger partial charge in [-0.1, -0.05) is 24.3 Å². The summed E-state index contributed by atoms with van der Waals surface area (Å²) < 4.78 is 1.97. The highest BCUT2D eigenvalue weighted by atomic mass is 32.1. The number of para-hydroxylation sites is 1. The third-order valence-corrected chi connectivity index (χ3v) is 7.12. The maximum Gasteiger partial charge on any atom is 0.239 e. The van der Waals surface area contributed by atoms with Crippen molar-refractivity contribution < 1.29 is 4.79 Å². The molecule has 1 fully saturated rings. The number of amides is 1. The molecule has 0 unspecified atom stereocenters. The monoisotopic (exact) mass is 447 g/mol. The van der Waals surface area contributed by atoms with Gasteiger partial charge < -0.3 is 10.2 Å². The van der Waals surface area contributed by atoms with Crippen LogP contribution in [0, 0.1) is 25.2 Å². The maximum absolute atomic E-state index is 12.9. The molecule has 7 heteroatoms. The zero-order chi connectivity index (χ0) is 22.5. The number of carbonyl (C=O) groups is 1. The zero-order valence-corrected chi connectivity index (χ0v) is 19.5. The smallest absolute Gasteiger partial charge is 0.239 e. The molecule has 1 saturated heterocycles. The second-order valence-corrected chi connectivity index (χ2v) is 9.24. The van der Waals surface area contributed by atoms with E-state index in [1.54, 1.807) is 0 Å². The summed E-state index contributed by atoms with van der Waals surface area (Å²) in [5.74, 6) is 0.483. The Bertz CT molecular complexity index is 1090. The first-order valence-corrected chi connectivity index (χ1v) is 11.9. The normalized spacial score (nSPS) is 14.9. The van der Waals surface area contributed by atoms with Gasteiger partial charge in [0.2, 0.25) is 5.91 Å². The number of nitrogens with one attached hydrogen (secondary N) is 1. The highest BCUT2D eigenvalue weighted by Gasteiger charge is 2.23. The molecule has 6 nitrogen and oxygen atoms in total. The van der Waals surface area contributed by atoms with Crippen LogP contribution in [0.4, 0.5) is 5.82 Å². The van der Waals surface area contributed by atoms with E-state index < -0.39 is 0 Å². The van der Waals surface area contributed by atoms with Gasteiger partial charge in [0, 0.05) is 49.0 Å². The van der Waals surface area contributed by atoms with E-state index >= 15 is 0 Å². The van der Waals surface area contributed by atoms with Gasteiger partial charge in [0.05, 0.1) is 12.1 Å². The van der Waals surface area contributed by atoms with Crippen molar-refractivity contribution in [2.45, 2.75) is 20.3 Å². The van der Waals surface area contributed by atoms with Crippen molar-refractivity contribution in [3.63, 3.8) is 0 Å². The van der Waals surface area contributed by atoms with E-state index in [1.807, 2.05) is 60.1 Å². The molecule has 166 valence electrons. The van der Waals surface area contributed by atoms with Gasteiger partial charge in [0.15, 0.2) is 0 Å². The van der Waals surface area contributed by atoms with Gasteiger partial charge in [-0.25, -0.2) is 0 Å². The van der Waals surface area contributed by atoms with Crippen molar-refractivity contribution in [3.8, 4) is 11.8 Å². The molecule has 1 amide bonds. The third-order valence-electron chi connectivity index (χ3n) is 6.18. The topological polar surface area (TPSA) is 64.3 Å². The molecule has 1 aromatic carbocycles. The fraction of sp³-hybridized carbons (Fsp3) is 0.360. The van der Waals surface area contributed by atoms with Crippen LogP contribution in [-0.2, 0) is 11.2 Å². The number of hydrogen-bond acceptors (Lipinski definition) is 5. The second-order valence-electron chi connectivity index (χ2n) is 8.21. The Kier molecular flexibility index (Phi) is 7.05. The van der Waals surface area contributed by atoms with Crippen molar-refractivity contribution in [2.24, 2.45) is 0 Å². The summed E-state index contributed by atoms with van der Waals surface area (Å²) in [4.78, 5) is 19.0. The van der Waals surface area contributed by atoms with Crippen molar-refractivity contribution in [1.82, 2.24) is 14.4 Å². The minimum absolute atomic E-state index is 0.0804. The lowest BCUT2D eigenvalue weighted by Crippen LogP contribution is -2.49. The Hall–Kier alpha value is -2.92. The van der Waals surface area contributed by atoms with Crippen LogP contribution in [0.15, 0.2) is 47.8 Å². The molecule has 1 aliphatic rings. The number of benzene rings is 1. The molecule has 0 radical (unpaired) electrons. The van der Waals surface area contributed by atoms with E-state index in [4.69, 9.17) is 0 Å². The molecule has 32 heavy (non-hydrogen) atoms. The fourth-order valence-electron chi connectivity index (χ4n) is 4.23. The van der Waals surface area contributed by atoms with Crippen LogP contribution >= 0.6 is 11.3 Å². The van der Waals surface area contributed by atoms with E-state index in [-0.39, 0.29) is 5.91 Å². The van der Waals surface area contributed by atoms with Crippen molar-refractivity contribution in [1.29, 1.82) is 5.26 Å². The molecule has 0 aliphatic carbocycles.